The van der Waals surface area contributed by atoms with E-state index in [9.17, 15) is 0 Å². The van der Waals surface area contributed by atoms with Crippen molar-refractivity contribution >= 4 is 0 Å². The molecule has 0 aromatic rings. The van der Waals surface area contributed by atoms with E-state index in [0.29, 0.717) is 11.8 Å². The van der Waals surface area contributed by atoms with Crippen LogP contribution in [-0.4, -0.2) is 17.5 Å². The van der Waals surface area contributed by atoms with E-state index >= 15 is 0 Å². The Hall–Kier alpha value is -1.80. The zero-order valence-electron chi connectivity index (χ0n) is 11.4. The summed E-state index contributed by atoms with van der Waals surface area (Å²) < 4.78 is 0. The van der Waals surface area contributed by atoms with Gasteiger partial charge in [-0.15, -0.1) is 0 Å². The summed E-state index contributed by atoms with van der Waals surface area (Å²) in [6.45, 7) is 6.68. The molecular formula is C17H22N2. The maximum absolute atomic E-state index is 6.09. The Morgan fingerprint density at radius 1 is 1.32 bits per heavy atom. The highest BCUT2D eigenvalue weighted by Gasteiger charge is 2.27. The number of hydrogen-bond donors (Lipinski definition) is 1. The van der Waals surface area contributed by atoms with Crippen molar-refractivity contribution in [1.82, 2.24) is 4.90 Å². The third kappa shape index (κ3) is 3.36. The van der Waals surface area contributed by atoms with Crippen molar-refractivity contribution in [2.45, 2.75) is 13.0 Å². The van der Waals surface area contributed by atoms with Crippen LogP contribution in [0.1, 0.15) is 6.92 Å². The number of nitrogens with zero attached hydrogens (tertiary/aromatic N) is 1. The molecule has 0 amide bonds. The summed E-state index contributed by atoms with van der Waals surface area (Å²) >= 11 is 0. The second-order valence-electron chi connectivity index (χ2n) is 5.01. The lowest BCUT2D eigenvalue weighted by Crippen LogP contribution is -2.39. The lowest BCUT2D eigenvalue weighted by Gasteiger charge is -2.37. The van der Waals surface area contributed by atoms with Gasteiger partial charge in [-0.05, 0) is 13.0 Å². The minimum absolute atomic E-state index is 0.0493. The molecule has 1 heterocycles. The van der Waals surface area contributed by atoms with Crippen LogP contribution < -0.4 is 5.73 Å². The van der Waals surface area contributed by atoms with Crippen molar-refractivity contribution in [3.05, 3.63) is 73.2 Å². The first-order valence-electron chi connectivity index (χ1n) is 6.77. The highest BCUT2D eigenvalue weighted by Crippen LogP contribution is 2.30. The average Bonchev–Trinajstić information content (AvgIpc) is 2.42. The summed E-state index contributed by atoms with van der Waals surface area (Å²) in [6, 6.07) is 0.0493. The van der Waals surface area contributed by atoms with Crippen LogP contribution in [0.3, 0.4) is 0 Å². The molecule has 2 rings (SSSR count). The monoisotopic (exact) mass is 254 g/mol. The third-order valence-electron chi connectivity index (χ3n) is 3.49. The maximum Gasteiger partial charge on any atom is 0.0418 e. The normalized spacial score (nSPS) is 27.7. The van der Waals surface area contributed by atoms with Crippen molar-refractivity contribution in [3.63, 3.8) is 0 Å². The molecule has 0 bridgehead atoms. The smallest absolute Gasteiger partial charge is 0.0418 e. The van der Waals surface area contributed by atoms with Gasteiger partial charge < -0.3 is 10.6 Å². The lowest BCUT2D eigenvalue weighted by molar-refractivity contribution is 0.323. The minimum Gasteiger partial charge on any atom is -0.350 e. The van der Waals surface area contributed by atoms with Gasteiger partial charge in [0.2, 0.25) is 0 Å². The summed E-state index contributed by atoms with van der Waals surface area (Å²) in [7, 11) is 0. The van der Waals surface area contributed by atoms with Gasteiger partial charge in [0.15, 0.2) is 0 Å². The van der Waals surface area contributed by atoms with Gasteiger partial charge in [0.1, 0.15) is 0 Å². The van der Waals surface area contributed by atoms with Crippen LogP contribution in [0.25, 0.3) is 0 Å². The summed E-state index contributed by atoms with van der Waals surface area (Å²) in [5.41, 5.74) is 7.29. The van der Waals surface area contributed by atoms with E-state index in [-0.39, 0.29) is 6.04 Å². The fourth-order valence-electron chi connectivity index (χ4n) is 2.51. The van der Waals surface area contributed by atoms with E-state index in [0.717, 1.165) is 6.54 Å². The lowest BCUT2D eigenvalue weighted by atomic mass is 9.83. The van der Waals surface area contributed by atoms with Crippen LogP contribution in [0.5, 0.6) is 0 Å². The quantitative estimate of drug-likeness (QED) is 0.781. The van der Waals surface area contributed by atoms with E-state index in [1.165, 1.54) is 5.70 Å². The number of fused-ring (bicyclic) bond motifs is 1. The number of hydrogen-bond acceptors (Lipinski definition) is 2. The second kappa shape index (κ2) is 6.39. The fourth-order valence-corrected chi connectivity index (χ4v) is 2.51. The molecule has 100 valence electrons. The predicted molar refractivity (Wildman–Crippen MR) is 82.2 cm³/mol. The molecule has 2 heteroatoms. The Morgan fingerprint density at radius 3 is 2.84 bits per heavy atom. The maximum atomic E-state index is 6.09. The van der Waals surface area contributed by atoms with Gasteiger partial charge in [-0.3, -0.25) is 0 Å². The largest absolute Gasteiger partial charge is 0.350 e. The Kier molecular flexibility index (Phi) is 4.58. The Balaban J connectivity index is 2.19. The second-order valence-corrected chi connectivity index (χ2v) is 5.01. The van der Waals surface area contributed by atoms with Gasteiger partial charge in [0, 0.05) is 36.3 Å². The van der Waals surface area contributed by atoms with E-state index in [1.807, 2.05) is 25.2 Å². The molecule has 19 heavy (non-hydrogen) atoms. The van der Waals surface area contributed by atoms with E-state index < -0.39 is 0 Å². The zero-order chi connectivity index (χ0) is 13.7. The van der Waals surface area contributed by atoms with Crippen LogP contribution in [0.4, 0.5) is 0 Å². The van der Waals surface area contributed by atoms with Crippen LogP contribution in [0, 0.1) is 11.8 Å². The number of nitrogens with two attached hydrogens (primary N) is 1. The molecule has 1 aliphatic carbocycles. The van der Waals surface area contributed by atoms with E-state index in [4.69, 9.17) is 5.73 Å². The first-order chi connectivity index (χ1) is 9.22. The SMILES string of the molecule is C=C/C=C\C=C\N1CC2C=CC=CC2C=C1[C@H](C)N. The molecule has 2 N–H and O–H groups in total. The van der Waals surface area contributed by atoms with Gasteiger partial charge in [0.05, 0.1) is 0 Å². The minimum atomic E-state index is 0.0493. The molecule has 0 fully saturated rings. The highest BCUT2D eigenvalue weighted by molar-refractivity contribution is 5.27. The Morgan fingerprint density at radius 2 is 2.11 bits per heavy atom. The van der Waals surface area contributed by atoms with Gasteiger partial charge in [-0.1, -0.05) is 55.2 Å². The van der Waals surface area contributed by atoms with Gasteiger partial charge in [-0.2, -0.15) is 0 Å². The molecule has 2 nitrogen and oxygen atoms in total. The summed E-state index contributed by atoms with van der Waals surface area (Å²) in [5, 5.41) is 0. The topological polar surface area (TPSA) is 29.3 Å². The molecule has 3 atom stereocenters. The van der Waals surface area contributed by atoms with Crippen LogP contribution in [0.15, 0.2) is 73.2 Å². The summed E-state index contributed by atoms with van der Waals surface area (Å²) in [5.74, 6) is 1.03. The molecule has 1 aliphatic heterocycles. The molecule has 0 spiro atoms. The molecule has 0 radical (unpaired) electrons. The predicted octanol–water partition coefficient (Wildman–Crippen LogP) is 3.15. The molecule has 0 aromatic heterocycles. The highest BCUT2D eigenvalue weighted by atomic mass is 15.1. The molecule has 2 unspecified atom stereocenters. The first-order valence-corrected chi connectivity index (χ1v) is 6.77. The molecule has 0 saturated heterocycles. The van der Waals surface area contributed by atoms with Crippen LogP contribution >= 0.6 is 0 Å². The molecular weight excluding hydrogens is 232 g/mol. The molecule has 0 aromatic carbocycles. The zero-order valence-corrected chi connectivity index (χ0v) is 11.4. The van der Waals surface area contributed by atoms with E-state index in [2.05, 4.69) is 48.1 Å². The van der Waals surface area contributed by atoms with Crippen molar-refractivity contribution in [1.29, 1.82) is 0 Å². The summed E-state index contributed by atoms with van der Waals surface area (Å²) in [6.07, 6.45) is 20.9. The average molecular weight is 254 g/mol. The van der Waals surface area contributed by atoms with Gasteiger partial charge >= 0.3 is 0 Å². The van der Waals surface area contributed by atoms with Crippen molar-refractivity contribution in [2.75, 3.05) is 6.54 Å². The van der Waals surface area contributed by atoms with E-state index in [1.54, 1.807) is 6.08 Å². The molecule has 0 saturated carbocycles. The Labute approximate surface area is 116 Å². The third-order valence-corrected chi connectivity index (χ3v) is 3.49. The van der Waals surface area contributed by atoms with Crippen LogP contribution in [0.2, 0.25) is 0 Å². The standard InChI is InChI=1S/C17H22N2/c1-3-4-5-8-11-19-13-16-10-7-6-9-15(16)12-17(19)14(2)18/h3-12,14-16H,1,13,18H2,2H3/b5-4-,11-8+/t14-,15?,16?/m0/s1. The van der Waals surface area contributed by atoms with Crippen molar-refractivity contribution < 1.29 is 0 Å². The van der Waals surface area contributed by atoms with Gasteiger partial charge in [-0.25, -0.2) is 0 Å². The first kappa shape index (κ1) is 13.6. The van der Waals surface area contributed by atoms with Crippen molar-refractivity contribution in [2.24, 2.45) is 17.6 Å². The number of allylic oxidation sites excluding steroid dienone is 8. The Bertz CT molecular complexity index is 464. The fraction of sp³-hybridized carbons (Fsp3) is 0.294. The number of rotatable bonds is 4. The van der Waals surface area contributed by atoms with Crippen molar-refractivity contribution in [3.8, 4) is 0 Å². The summed E-state index contributed by atoms with van der Waals surface area (Å²) in [4.78, 5) is 2.25. The van der Waals surface area contributed by atoms with Crippen LogP contribution in [-0.2, 0) is 0 Å². The van der Waals surface area contributed by atoms with Gasteiger partial charge in [0.25, 0.3) is 0 Å². The molecule has 2 aliphatic rings.